The smallest absolute Gasteiger partial charge is 0.312 e. The number of nitrogens with zero attached hydrogens (tertiary/aromatic N) is 2. The van der Waals surface area contributed by atoms with Gasteiger partial charge < -0.3 is 25.0 Å². The highest BCUT2D eigenvalue weighted by Gasteiger charge is 2.27. The van der Waals surface area contributed by atoms with Crippen molar-refractivity contribution in [3.8, 4) is 5.75 Å². The molecule has 0 spiro atoms. The normalized spacial score (nSPS) is 15.8. The minimum absolute atomic E-state index is 0.170. The summed E-state index contributed by atoms with van der Waals surface area (Å²) in [5.41, 5.74) is 0.989. The number of rotatable bonds is 5. The highest BCUT2D eigenvalue weighted by Crippen LogP contribution is 2.28. The lowest BCUT2D eigenvalue weighted by molar-refractivity contribution is -0.146. The van der Waals surface area contributed by atoms with Crippen LogP contribution in [0.3, 0.4) is 0 Å². The topological polar surface area (TPSA) is 82.1 Å². The molecule has 1 aliphatic rings. The maximum absolute atomic E-state index is 12.2. The number of carbonyl (C=O) groups excluding carboxylic acids is 2. The summed E-state index contributed by atoms with van der Waals surface area (Å²) in [6, 6.07) is 7.37. The van der Waals surface area contributed by atoms with E-state index in [0.29, 0.717) is 32.6 Å². The van der Waals surface area contributed by atoms with Crippen molar-refractivity contribution < 1.29 is 19.4 Å². The van der Waals surface area contributed by atoms with Gasteiger partial charge in [0.15, 0.2) is 0 Å². The van der Waals surface area contributed by atoms with Gasteiger partial charge in [0.2, 0.25) is 0 Å². The molecule has 24 heavy (non-hydrogen) atoms. The van der Waals surface area contributed by atoms with E-state index in [1.54, 1.807) is 12.0 Å². The van der Waals surface area contributed by atoms with Crippen LogP contribution in [0.5, 0.6) is 5.75 Å². The quantitative estimate of drug-likeness (QED) is 0.753. The molecule has 0 radical (unpaired) electrons. The van der Waals surface area contributed by atoms with E-state index in [1.807, 2.05) is 31.2 Å². The van der Waals surface area contributed by atoms with Gasteiger partial charge in [-0.25, -0.2) is 0 Å². The number of anilines is 1. The monoisotopic (exact) mass is 335 g/mol. The molecule has 0 bridgehead atoms. The Morgan fingerprint density at radius 2 is 1.92 bits per heavy atom. The van der Waals surface area contributed by atoms with E-state index in [1.165, 1.54) is 0 Å². The number of amides is 2. The lowest BCUT2D eigenvalue weighted by Crippen LogP contribution is -2.54. The molecule has 1 aliphatic heterocycles. The molecule has 2 rings (SSSR count). The van der Waals surface area contributed by atoms with E-state index in [4.69, 9.17) is 9.84 Å². The predicted octanol–water partition coefficient (Wildman–Crippen LogP) is 0.231. The molecular weight excluding hydrogens is 310 g/mol. The Hall–Kier alpha value is -2.28. The molecule has 1 atom stereocenters. The lowest BCUT2D eigenvalue weighted by Gasteiger charge is -2.36. The molecule has 1 fully saturated rings. The average Bonchev–Trinajstić information content (AvgIpc) is 2.65. The van der Waals surface area contributed by atoms with Crippen LogP contribution in [-0.4, -0.2) is 67.8 Å². The zero-order valence-electron chi connectivity index (χ0n) is 14.2. The molecule has 1 aromatic carbocycles. The summed E-state index contributed by atoms with van der Waals surface area (Å²) >= 11 is 0. The summed E-state index contributed by atoms with van der Waals surface area (Å²) in [6.07, 6.45) is 0.580. The van der Waals surface area contributed by atoms with Crippen molar-refractivity contribution in [1.82, 2.24) is 10.2 Å². The minimum atomic E-state index is -0.651. The van der Waals surface area contributed by atoms with Crippen molar-refractivity contribution >= 4 is 17.5 Å². The molecule has 2 amide bonds. The standard InChI is InChI=1S/C17H25N3O4/c1-3-13(12-21)18-16(22)17(23)20-10-8-19(9-11-20)14-6-4-5-7-15(14)24-2/h4-7,13,21H,3,8-12H2,1-2H3,(H,18,22). The van der Waals surface area contributed by atoms with E-state index in [-0.39, 0.29) is 12.6 Å². The predicted molar refractivity (Wildman–Crippen MR) is 91.1 cm³/mol. The number of aliphatic hydroxyl groups is 1. The van der Waals surface area contributed by atoms with Gasteiger partial charge in [0, 0.05) is 26.2 Å². The van der Waals surface area contributed by atoms with E-state index < -0.39 is 11.8 Å². The summed E-state index contributed by atoms with van der Waals surface area (Å²) < 4.78 is 5.37. The number of hydrogen-bond donors (Lipinski definition) is 2. The van der Waals surface area contributed by atoms with Gasteiger partial charge in [-0.1, -0.05) is 19.1 Å². The van der Waals surface area contributed by atoms with Crippen molar-refractivity contribution in [2.24, 2.45) is 0 Å². The van der Waals surface area contributed by atoms with Crippen molar-refractivity contribution in [1.29, 1.82) is 0 Å². The third-order valence-corrected chi connectivity index (χ3v) is 4.24. The summed E-state index contributed by atoms with van der Waals surface area (Å²) in [5.74, 6) is -0.396. The third-order valence-electron chi connectivity index (χ3n) is 4.24. The average molecular weight is 335 g/mol. The first-order chi connectivity index (χ1) is 11.6. The molecule has 1 aromatic rings. The number of ether oxygens (including phenoxy) is 1. The SMILES string of the molecule is CCC(CO)NC(=O)C(=O)N1CCN(c2ccccc2OC)CC1. The van der Waals surface area contributed by atoms with Gasteiger partial charge in [0.05, 0.1) is 25.4 Å². The van der Waals surface area contributed by atoms with E-state index >= 15 is 0 Å². The molecule has 7 heteroatoms. The van der Waals surface area contributed by atoms with Crippen LogP contribution in [0.4, 0.5) is 5.69 Å². The van der Waals surface area contributed by atoms with Crippen LogP contribution in [-0.2, 0) is 9.59 Å². The molecule has 1 unspecified atom stereocenters. The van der Waals surface area contributed by atoms with Crippen molar-refractivity contribution in [3.05, 3.63) is 24.3 Å². The van der Waals surface area contributed by atoms with Crippen LogP contribution >= 0.6 is 0 Å². The van der Waals surface area contributed by atoms with Crippen LogP contribution in [0.25, 0.3) is 0 Å². The third kappa shape index (κ3) is 4.17. The molecule has 0 aliphatic carbocycles. The number of para-hydroxylation sites is 2. The van der Waals surface area contributed by atoms with Crippen molar-refractivity contribution in [3.63, 3.8) is 0 Å². The maximum atomic E-state index is 12.2. The number of nitrogens with one attached hydrogen (secondary N) is 1. The first-order valence-corrected chi connectivity index (χ1v) is 8.19. The summed E-state index contributed by atoms with van der Waals surface area (Å²) in [7, 11) is 1.63. The summed E-state index contributed by atoms with van der Waals surface area (Å²) in [5, 5.41) is 11.7. The Kier molecular flexibility index (Phi) is 6.43. The Morgan fingerprint density at radius 3 is 2.50 bits per heavy atom. The highest BCUT2D eigenvalue weighted by molar-refractivity contribution is 6.35. The largest absolute Gasteiger partial charge is 0.495 e. The van der Waals surface area contributed by atoms with Crippen LogP contribution in [0.15, 0.2) is 24.3 Å². The fraction of sp³-hybridized carbons (Fsp3) is 0.529. The van der Waals surface area contributed by atoms with E-state index in [9.17, 15) is 9.59 Å². The highest BCUT2D eigenvalue weighted by atomic mass is 16.5. The Morgan fingerprint density at radius 1 is 1.25 bits per heavy atom. The summed E-state index contributed by atoms with van der Waals surface area (Å²) in [4.78, 5) is 27.9. The first kappa shape index (κ1) is 18.1. The van der Waals surface area contributed by atoms with Gasteiger partial charge in [-0.15, -0.1) is 0 Å². The molecule has 1 saturated heterocycles. The van der Waals surface area contributed by atoms with Gasteiger partial charge in [0.25, 0.3) is 0 Å². The number of piperazine rings is 1. The fourth-order valence-electron chi connectivity index (χ4n) is 2.71. The van der Waals surface area contributed by atoms with Crippen LogP contribution in [0.1, 0.15) is 13.3 Å². The Bertz CT molecular complexity index is 567. The van der Waals surface area contributed by atoms with Crippen molar-refractivity contribution in [2.75, 3.05) is 44.8 Å². The molecular formula is C17H25N3O4. The maximum Gasteiger partial charge on any atom is 0.312 e. The molecule has 0 aromatic heterocycles. The molecule has 2 N–H and O–H groups in total. The Balaban J connectivity index is 1.92. The molecule has 132 valence electrons. The second-order valence-electron chi connectivity index (χ2n) is 5.71. The van der Waals surface area contributed by atoms with Gasteiger partial charge >= 0.3 is 11.8 Å². The van der Waals surface area contributed by atoms with E-state index in [2.05, 4.69) is 10.2 Å². The number of methoxy groups -OCH3 is 1. The second-order valence-corrected chi connectivity index (χ2v) is 5.71. The van der Waals surface area contributed by atoms with Crippen molar-refractivity contribution in [2.45, 2.75) is 19.4 Å². The Labute approximate surface area is 142 Å². The summed E-state index contributed by atoms with van der Waals surface area (Å²) in [6.45, 7) is 3.89. The van der Waals surface area contributed by atoms with Gasteiger partial charge in [-0.05, 0) is 18.6 Å². The van der Waals surface area contributed by atoms with Gasteiger partial charge in [-0.3, -0.25) is 9.59 Å². The number of aliphatic hydroxyl groups excluding tert-OH is 1. The molecule has 1 heterocycles. The van der Waals surface area contributed by atoms with E-state index in [0.717, 1.165) is 11.4 Å². The zero-order valence-corrected chi connectivity index (χ0v) is 14.2. The molecule has 0 saturated carbocycles. The second kappa shape index (κ2) is 8.54. The van der Waals surface area contributed by atoms with Crippen LogP contribution in [0, 0.1) is 0 Å². The van der Waals surface area contributed by atoms with Crippen LogP contribution < -0.4 is 15.0 Å². The number of carbonyl (C=O) groups is 2. The number of hydrogen-bond acceptors (Lipinski definition) is 5. The first-order valence-electron chi connectivity index (χ1n) is 8.19. The molecule has 7 nitrogen and oxygen atoms in total. The zero-order chi connectivity index (χ0) is 17.5. The lowest BCUT2D eigenvalue weighted by atomic mass is 10.2. The number of benzene rings is 1. The van der Waals surface area contributed by atoms with Gasteiger partial charge in [0.1, 0.15) is 5.75 Å². The van der Waals surface area contributed by atoms with Crippen LogP contribution in [0.2, 0.25) is 0 Å². The minimum Gasteiger partial charge on any atom is -0.495 e. The van der Waals surface area contributed by atoms with Gasteiger partial charge in [-0.2, -0.15) is 0 Å². The fourth-order valence-corrected chi connectivity index (χ4v) is 2.71.